The van der Waals surface area contributed by atoms with Crippen LogP contribution in [0.25, 0.3) is 0 Å². The summed E-state index contributed by atoms with van der Waals surface area (Å²) in [6, 6.07) is 0.738. The molecular formula is C11H21ClN2O2S. The molecule has 2 aliphatic rings. The quantitative estimate of drug-likeness (QED) is 0.705. The van der Waals surface area contributed by atoms with Crippen LogP contribution in [0, 0.1) is 5.92 Å². The van der Waals surface area contributed by atoms with Gasteiger partial charge in [-0.3, -0.25) is 4.90 Å². The number of alkyl halides is 1. The molecule has 17 heavy (non-hydrogen) atoms. The topological polar surface area (TPSA) is 40.6 Å². The van der Waals surface area contributed by atoms with Gasteiger partial charge < -0.3 is 0 Å². The standard InChI is InChI=1S/C11H21ClN2O2S/c1-10(8-12)9-17(15,16)14-6-4-13(5-7-14)11-2-3-11/h10-11H,2-9H2,1H3. The molecular weight excluding hydrogens is 260 g/mol. The molecule has 6 heteroatoms. The lowest BCUT2D eigenvalue weighted by Crippen LogP contribution is -2.50. The molecule has 4 nitrogen and oxygen atoms in total. The summed E-state index contributed by atoms with van der Waals surface area (Å²) in [6.07, 6.45) is 2.58. The second-order valence-corrected chi connectivity index (χ2v) is 7.53. The zero-order chi connectivity index (χ0) is 12.5. The Morgan fingerprint density at radius 2 is 1.82 bits per heavy atom. The van der Waals surface area contributed by atoms with Crippen molar-refractivity contribution in [2.24, 2.45) is 5.92 Å². The maximum Gasteiger partial charge on any atom is 0.214 e. The highest BCUT2D eigenvalue weighted by molar-refractivity contribution is 7.89. The Morgan fingerprint density at radius 3 is 2.29 bits per heavy atom. The largest absolute Gasteiger partial charge is 0.298 e. The number of hydrogen-bond donors (Lipinski definition) is 0. The molecule has 1 saturated heterocycles. The molecule has 2 rings (SSSR count). The molecule has 0 spiro atoms. The second-order valence-electron chi connectivity index (χ2n) is 5.20. The van der Waals surface area contributed by atoms with Gasteiger partial charge in [-0.25, -0.2) is 8.42 Å². The fourth-order valence-electron chi connectivity index (χ4n) is 2.30. The van der Waals surface area contributed by atoms with Crippen LogP contribution >= 0.6 is 11.6 Å². The van der Waals surface area contributed by atoms with E-state index in [0.717, 1.165) is 19.1 Å². The molecule has 1 unspecified atom stereocenters. The molecule has 0 aromatic heterocycles. The Hall–Kier alpha value is 0.160. The van der Waals surface area contributed by atoms with E-state index >= 15 is 0 Å². The van der Waals surface area contributed by atoms with E-state index in [1.165, 1.54) is 12.8 Å². The number of nitrogens with zero attached hydrogens (tertiary/aromatic N) is 2. The Kier molecular flexibility index (Phi) is 4.34. The maximum absolute atomic E-state index is 12.1. The Morgan fingerprint density at radius 1 is 1.24 bits per heavy atom. The molecule has 0 aromatic rings. The first-order valence-corrected chi connectivity index (χ1v) is 8.45. The molecule has 2 fully saturated rings. The average Bonchev–Trinajstić information content (AvgIpc) is 3.12. The van der Waals surface area contributed by atoms with Crippen molar-refractivity contribution in [3.05, 3.63) is 0 Å². The van der Waals surface area contributed by atoms with Crippen molar-refractivity contribution < 1.29 is 8.42 Å². The summed E-state index contributed by atoms with van der Waals surface area (Å²) in [4.78, 5) is 2.41. The van der Waals surface area contributed by atoms with E-state index in [4.69, 9.17) is 11.6 Å². The first-order valence-electron chi connectivity index (χ1n) is 6.31. The fraction of sp³-hybridized carbons (Fsp3) is 1.00. The van der Waals surface area contributed by atoms with E-state index in [1.54, 1.807) is 4.31 Å². The van der Waals surface area contributed by atoms with E-state index in [2.05, 4.69) is 4.90 Å². The molecule has 1 atom stereocenters. The predicted octanol–water partition coefficient (Wildman–Crippen LogP) is 0.971. The number of halogens is 1. The van der Waals surface area contributed by atoms with E-state index in [0.29, 0.717) is 19.0 Å². The minimum absolute atomic E-state index is 0.0307. The van der Waals surface area contributed by atoms with E-state index in [9.17, 15) is 8.42 Å². The van der Waals surface area contributed by atoms with Crippen LogP contribution in [0.3, 0.4) is 0 Å². The second kappa shape index (κ2) is 5.43. The minimum atomic E-state index is -3.10. The van der Waals surface area contributed by atoms with Crippen LogP contribution in [-0.2, 0) is 10.0 Å². The first-order chi connectivity index (χ1) is 8.03. The minimum Gasteiger partial charge on any atom is -0.298 e. The zero-order valence-electron chi connectivity index (χ0n) is 10.3. The Labute approximate surface area is 109 Å². The van der Waals surface area contributed by atoms with Gasteiger partial charge in [0.15, 0.2) is 0 Å². The van der Waals surface area contributed by atoms with Crippen LogP contribution in [0.5, 0.6) is 0 Å². The highest BCUT2D eigenvalue weighted by atomic mass is 35.5. The normalized spacial score (nSPS) is 26.0. The van der Waals surface area contributed by atoms with Crippen molar-refractivity contribution in [2.45, 2.75) is 25.8 Å². The lowest BCUT2D eigenvalue weighted by molar-refractivity contribution is 0.180. The van der Waals surface area contributed by atoms with Crippen LogP contribution < -0.4 is 0 Å². The smallest absolute Gasteiger partial charge is 0.214 e. The van der Waals surface area contributed by atoms with Crippen LogP contribution in [0.15, 0.2) is 0 Å². The summed E-state index contributed by atoms with van der Waals surface area (Å²) in [5.74, 6) is 0.615. The summed E-state index contributed by atoms with van der Waals surface area (Å²) in [5, 5.41) is 0. The molecule has 0 bridgehead atoms. The van der Waals surface area contributed by atoms with Crippen molar-refractivity contribution in [2.75, 3.05) is 37.8 Å². The number of piperazine rings is 1. The van der Waals surface area contributed by atoms with Gasteiger partial charge >= 0.3 is 0 Å². The molecule has 1 saturated carbocycles. The number of hydrogen-bond acceptors (Lipinski definition) is 3. The molecule has 0 radical (unpaired) electrons. The molecule has 0 N–H and O–H groups in total. The van der Waals surface area contributed by atoms with Gasteiger partial charge in [0.25, 0.3) is 0 Å². The van der Waals surface area contributed by atoms with Crippen molar-refractivity contribution in [3.63, 3.8) is 0 Å². The van der Waals surface area contributed by atoms with Crippen molar-refractivity contribution in [1.29, 1.82) is 0 Å². The molecule has 0 amide bonds. The zero-order valence-corrected chi connectivity index (χ0v) is 11.9. The van der Waals surface area contributed by atoms with Gasteiger partial charge in [-0.05, 0) is 18.8 Å². The summed E-state index contributed by atoms with van der Waals surface area (Å²) in [5.41, 5.74) is 0. The monoisotopic (exact) mass is 280 g/mol. The van der Waals surface area contributed by atoms with Gasteiger partial charge in [-0.2, -0.15) is 4.31 Å². The van der Waals surface area contributed by atoms with Crippen LogP contribution in [0.4, 0.5) is 0 Å². The predicted molar refractivity (Wildman–Crippen MR) is 69.8 cm³/mol. The molecule has 100 valence electrons. The highest BCUT2D eigenvalue weighted by Gasteiger charge is 2.34. The van der Waals surface area contributed by atoms with Crippen molar-refractivity contribution >= 4 is 21.6 Å². The van der Waals surface area contributed by atoms with Gasteiger partial charge in [0.1, 0.15) is 0 Å². The van der Waals surface area contributed by atoms with Gasteiger partial charge in [-0.15, -0.1) is 11.6 Å². The summed E-state index contributed by atoms with van der Waals surface area (Å²) < 4.78 is 25.8. The lowest BCUT2D eigenvalue weighted by atomic mass is 10.3. The summed E-state index contributed by atoms with van der Waals surface area (Å²) >= 11 is 5.68. The summed E-state index contributed by atoms with van der Waals surface area (Å²) in [7, 11) is -3.10. The van der Waals surface area contributed by atoms with E-state index < -0.39 is 10.0 Å². The van der Waals surface area contributed by atoms with Gasteiger partial charge in [0.2, 0.25) is 10.0 Å². The molecule has 1 aliphatic carbocycles. The maximum atomic E-state index is 12.1. The van der Waals surface area contributed by atoms with Gasteiger partial charge in [0.05, 0.1) is 5.75 Å². The Balaban J connectivity index is 1.86. The summed E-state index contributed by atoms with van der Waals surface area (Å²) in [6.45, 7) is 4.95. The fourth-order valence-corrected chi connectivity index (χ4v) is 4.30. The third kappa shape index (κ3) is 3.56. The molecule has 1 heterocycles. The van der Waals surface area contributed by atoms with Gasteiger partial charge in [0, 0.05) is 38.1 Å². The third-order valence-electron chi connectivity index (χ3n) is 3.49. The number of sulfonamides is 1. The Bertz CT molecular complexity index is 348. The van der Waals surface area contributed by atoms with Crippen LogP contribution in [0.2, 0.25) is 0 Å². The molecule has 0 aromatic carbocycles. The lowest BCUT2D eigenvalue weighted by Gasteiger charge is -2.34. The average molecular weight is 281 g/mol. The first kappa shape index (κ1) is 13.6. The van der Waals surface area contributed by atoms with Crippen LogP contribution in [-0.4, -0.2) is 61.5 Å². The van der Waals surface area contributed by atoms with Gasteiger partial charge in [-0.1, -0.05) is 6.92 Å². The van der Waals surface area contributed by atoms with Crippen molar-refractivity contribution in [3.8, 4) is 0 Å². The SMILES string of the molecule is CC(CCl)CS(=O)(=O)N1CCN(C2CC2)CC1. The highest BCUT2D eigenvalue weighted by Crippen LogP contribution is 2.28. The van der Waals surface area contributed by atoms with E-state index in [-0.39, 0.29) is 11.7 Å². The molecule has 1 aliphatic heterocycles. The van der Waals surface area contributed by atoms with E-state index in [1.807, 2.05) is 6.92 Å². The number of rotatable bonds is 5. The van der Waals surface area contributed by atoms with Crippen LogP contribution in [0.1, 0.15) is 19.8 Å². The van der Waals surface area contributed by atoms with Crippen molar-refractivity contribution in [1.82, 2.24) is 9.21 Å². The third-order valence-corrected chi connectivity index (χ3v) is 6.16.